The van der Waals surface area contributed by atoms with Crippen LogP contribution in [0.5, 0.6) is 0 Å². The molecule has 2 aliphatic heterocycles. The Hall–Kier alpha value is -3.16. The van der Waals surface area contributed by atoms with E-state index in [0.717, 1.165) is 43.2 Å². The minimum atomic E-state index is -3.79. The van der Waals surface area contributed by atoms with Gasteiger partial charge < -0.3 is 20.7 Å². The maximum Gasteiger partial charge on any atom is 0.410 e. The third-order valence-corrected chi connectivity index (χ3v) is 12.1. The Morgan fingerprint density at radius 1 is 1.07 bits per heavy atom. The number of fused-ring (bicyclic) bond motifs is 1. The number of halogens is 1. The molecule has 45 heavy (non-hydrogen) atoms. The fourth-order valence-electron chi connectivity index (χ4n) is 6.80. The summed E-state index contributed by atoms with van der Waals surface area (Å²) in [6.45, 7) is 4.45. The molecule has 1 aromatic rings. The number of amides is 4. The molecule has 0 bridgehead atoms. The summed E-state index contributed by atoms with van der Waals surface area (Å²) in [4.78, 5) is 56.6. The molecule has 0 aromatic heterocycles. The van der Waals surface area contributed by atoms with E-state index >= 15 is 0 Å². The zero-order chi connectivity index (χ0) is 32.1. The van der Waals surface area contributed by atoms with Crippen LogP contribution in [0.15, 0.2) is 30.4 Å². The van der Waals surface area contributed by atoms with Gasteiger partial charge in [-0.05, 0) is 61.6 Å². The molecular weight excluding hydrogens is 622 g/mol. The second-order valence-electron chi connectivity index (χ2n) is 13.1. The van der Waals surface area contributed by atoms with Crippen LogP contribution < -0.4 is 15.8 Å². The summed E-state index contributed by atoms with van der Waals surface area (Å²) in [7, 11) is -3.79. The smallest absolute Gasteiger partial charge is 0.410 e. The van der Waals surface area contributed by atoms with Crippen molar-refractivity contribution in [1.82, 2.24) is 19.8 Å². The van der Waals surface area contributed by atoms with E-state index < -0.39 is 56.9 Å². The molecule has 14 heteroatoms. The van der Waals surface area contributed by atoms with Crippen molar-refractivity contribution in [1.29, 1.82) is 0 Å². The topological polar surface area (TPSA) is 168 Å². The van der Waals surface area contributed by atoms with Crippen LogP contribution in [0.1, 0.15) is 75.3 Å². The lowest BCUT2D eigenvalue weighted by Crippen LogP contribution is -2.55. The van der Waals surface area contributed by atoms with Gasteiger partial charge in [0.05, 0.1) is 29.9 Å². The van der Waals surface area contributed by atoms with Crippen LogP contribution in [0.3, 0.4) is 0 Å². The third kappa shape index (κ3) is 6.57. The molecule has 4 fully saturated rings. The number of nitrogens with one attached hydrogen (secondary N) is 2. The van der Waals surface area contributed by atoms with E-state index in [9.17, 15) is 27.6 Å². The monoisotopic (exact) mass is 661 g/mol. The largest absolute Gasteiger partial charge is 0.444 e. The summed E-state index contributed by atoms with van der Waals surface area (Å²) in [6.07, 6.45) is 5.22. The lowest BCUT2D eigenvalue weighted by Gasteiger charge is -2.32. The van der Waals surface area contributed by atoms with Crippen molar-refractivity contribution in [2.75, 3.05) is 6.54 Å². The number of benzene rings is 1. The highest BCUT2D eigenvalue weighted by Gasteiger charge is 2.53. The van der Waals surface area contributed by atoms with Gasteiger partial charge in [-0.2, -0.15) is 0 Å². The number of hydrogen-bond donors (Lipinski definition) is 3. The van der Waals surface area contributed by atoms with Crippen LogP contribution in [0.25, 0.3) is 0 Å². The lowest BCUT2D eigenvalue weighted by molar-refractivity contribution is -0.141. The standard InChI is InChI=1S/C31H40ClN5O7S/c1-18(27(38)35-45(42,43)22-10-11-22)31(12-13-31)34-28(39)25-14-21(16-37(25)29(40)26(33)19-6-3-2-4-7-19)44-30(41)36-15-20-8-5-9-24(32)23(20)17-36/h5,8-9,19,21-22,25-26H,1-4,6-7,10-17,33H2,(H,34,39)(H,35,38)/t21-,25+,26+/m1/s1. The second kappa shape index (κ2) is 12.2. The normalized spacial score (nSPS) is 24.8. The minimum Gasteiger partial charge on any atom is -0.444 e. The fraction of sp³-hybridized carbons (Fsp3) is 0.613. The maximum atomic E-state index is 13.8. The summed E-state index contributed by atoms with van der Waals surface area (Å²) in [5, 5.41) is 2.86. The Morgan fingerprint density at radius 2 is 1.78 bits per heavy atom. The summed E-state index contributed by atoms with van der Waals surface area (Å²) >= 11 is 6.32. The first kappa shape index (κ1) is 31.8. The van der Waals surface area contributed by atoms with Gasteiger partial charge in [0.2, 0.25) is 21.8 Å². The lowest BCUT2D eigenvalue weighted by atomic mass is 9.83. The molecule has 4 N–H and O–H groups in total. The van der Waals surface area contributed by atoms with Crippen LogP contribution in [-0.4, -0.2) is 77.6 Å². The van der Waals surface area contributed by atoms with E-state index in [2.05, 4.69) is 16.6 Å². The average Bonchev–Trinajstić information content (AvgIpc) is 3.93. The molecule has 1 aromatic carbocycles. The van der Waals surface area contributed by atoms with Gasteiger partial charge in [-0.3, -0.25) is 19.3 Å². The second-order valence-corrected chi connectivity index (χ2v) is 15.5. The molecule has 0 spiro atoms. The van der Waals surface area contributed by atoms with Gasteiger partial charge in [-0.25, -0.2) is 17.9 Å². The van der Waals surface area contributed by atoms with Gasteiger partial charge in [-0.15, -0.1) is 0 Å². The number of ether oxygens (including phenoxy) is 1. The summed E-state index contributed by atoms with van der Waals surface area (Å²) in [5.41, 5.74) is 7.11. The molecule has 0 unspecified atom stereocenters. The van der Waals surface area contributed by atoms with Crippen LogP contribution in [0.2, 0.25) is 5.02 Å². The van der Waals surface area contributed by atoms with E-state index in [0.29, 0.717) is 43.8 Å². The van der Waals surface area contributed by atoms with Crippen LogP contribution in [0.4, 0.5) is 4.79 Å². The van der Waals surface area contributed by atoms with E-state index in [4.69, 9.17) is 22.1 Å². The number of sulfonamides is 1. The Bertz CT molecular complexity index is 1520. The molecule has 2 heterocycles. The van der Waals surface area contributed by atoms with Gasteiger partial charge in [0.15, 0.2) is 0 Å². The van der Waals surface area contributed by atoms with Gasteiger partial charge in [0.1, 0.15) is 12.1 Å². The van der Waals surface area contributed by atoms with Gasteiger partial charge in [-0.1, -0.05) is 49.6 Å². The van der Waals surface area contributed by atoms with E-state index in [1.165, 1.54) is 9.80 Å². The number of rotatable bonds is 9. The van der Waals surface area contributed by atoms with Crippen molar-refractivity contribution in [3.8, 4) is 0 Å². The highest BCUT2D eigenvalue weighted by molar-refractivity contribution is 7.91. The molecule has 3 atom stereocenters. The highest BCUT2D eigenvalue weighted by Crippen LogP contribution is 2.42. The molecule has 1 saturated heterocycles. The zero-order valence-electron chi connectivity index (χ0n) is 25.1. The van der Waals surface area contributed by atoms with Crippen molar-refractivity contribution in [2.45, 2.75) is 106 Å². The quantitative estimate of drug-likeness (QED) is 0.339. The van der Waals surface area contributed by atoms with Gasteiger partial charge >= 0.3 is 6.09 Å². The molecule has 12 nitrogen and oxygen atoms in total. The first-order valence-corrected chi connectivity index (χ1v) is 17.7. The number of likely N-dealkylation sites (tertiary alicyclic amines) is 1. The Kier molecular flexibility index (Phi) is 8.64. The molecule has 3 aliphatic carbocycles. The number of carbonyl (C=O) groups excluding carboxylic acids is 4. The van der Waals surface area contributed by atoms with Crippen LogP contribution >= 0.6 is 11.6 Å². The van der Waals surface area contributed by atoms with Crippen LogP contribution in [-0.2, 0) is 42.2 Å². The third-order valence-electron chi connectivity index (χ3n) is 9.91. The molecule has 244 valence electrons. The minimum absolute atomic E-state index is 0.00130. The molecular formula is C31H40ClN5O7S. The van der Waals surface area contributed by atoms with Crippen molar-refractivity contribution < 1.29 is 32.3 Å². The average molecular weight is 662 g/mol. The Balaban J connectivity index is 1.15. The molecule has 3 saturated carbocycles. The Labute approximate surface area is 268 Å². The molecule has 6 rings (SSSR count). The van der Waals surface area contributed by atoms with Crippen molar-refractivity contribution in [3.05, 3.63) is 46.5 Å². The van der Waals surface area contributed by atoms with E-state index in [1.54, 1.807) is 6.07 Å². The highest BCUT2D eigenvalue weighted by atomic mass is 35.5. The van der Waals surface area contributed by atoms with E-state index in [-0.39, 0.29) is 30.4 Å². The summed E-state index contributed by atoms with van der Waals surface area (Å²) < 4.78 is 32.6. The number of hydrogen-bond acceptors (Lipinski definition) is 8. The van der Waals surface area contributed by atoms with E-state index in [1.807, 2.05) is 12.1 Å². The number of carbonyl (C=O) groups is 4. The van der Waals surface area contributed by atoms with Crippen LogP contribution in [0, 0.1) is 5.92 Å². The van der Waals surface area contributed by atoms with Crippen molar-refractivity contribution >= 4 is 45.4 Å². The predicted molar refractivity (Wildman–Crippen MR) is 165 cm³/mol. The molecule has 4 amide bonds. The zero-order valence-corrected chi connectivity index (χ0v) is 26.7. The SMILES string of the molecule is C=C(C(=O)NS(=O)(=O)C1CC1)C1(NC(=O)[C@@H]2C[C@@H](OC(=O)N3Cc4cccc(Cl)c4C3)CN2C(=O)[C@@H](N)C2CCCCC2)CC1. The first-order chi connectivity index (χ1) is 21.4. The predicted octanol–water partition coefficient (Wildman–Crippen LogP) is 2.48. The first-order valence-electron chi connectivity index (χ1n) is 15.7. The fourth-order valence-corrected chi connectivity index (χ4v) is 8.36. The summed E-state index contributed by atoms with van der Waals surface area (Å²) in [6, 6.07) is 3.70. The molecule has 0 radical (unpaired) electrons. The maximum absolute atomic E-state index is 13.8. The van der Waals surface area contributed by atoms with Gasteiger partial charge in [0.25, 0.3) is 5.91 Å². The molecule has 5 aliphatic rings. The summed E-state index contributed by atoms with van der Waals surface area (Å²) in [5.74, 6) is -1.76. The number of nitrogens with zero attached hydrogens (tertiary/aromatic N) is 2. The van der Waals surface area contributed by atoms with Crippen molar-refractivity contribution in [2.24, 2.45) is 11.7 Å². The number of nitrogens with two attached hydrogens (primary N) is 1. The van der Waals surface area contributed by atoms with Crippen molar-refractivity contribution in [3.63, 3.8) is 0 Å². The Morgan fingerprint density at radius 3 is 2.42 bits per heavy atom. The van der Waals surface area contributed by atoms with Gasteiger partial charge in [0, 0.05) is 23.6 Å².